The van der Waals surface area contributed by atoms with Crippen molar-refractivity contribution in [3.8, 4) is 0 Å². The van der Waals surface area contributed by atoms with Crippen LogP contribution >= 0.6 is 22.9 Å². The van der Waals surface area contributed by atoms with Gasteiger partial charge in [0.1, 0.15) is 0 Å². The number of nitrogens with one attached hydrogen (secondary N) is 1. The van der Waals surface area contributed by atoms with E-state index in [1.807, 2.05) is 0 Å². The van der Waals surface area contributed by atoms with Gasteiger partial charge < -0.3 is 5.73 Å². The standard InChI is InChI=1S/C11H11ClN2O2S2/c12-8-1-3-9(4-2-8)14-18(15,16)11-5-10(6-13)17-7-11/h1-5,7,14H,6,13H2. The zero-order chi connectivity index (χ0) is 13.2. The first-order chi connectivity index (χ1) is 8.51. The van der Waals surface area contributed by atoms with Crippen molar-refractivity contribution in [2.45, 2.75) is 11.4 Å². The highest BCUT2D eigenvalue weighted by Crippen LogP contribution is 2.22. The van der Waals surface area contributed by atoms with Crippen molar-refractivity contribution in [3.05, 3.63) is 45.6 Å². The largest absolute Gasteiger partial charge is 0.326 e. The molecule has 18 heavy (non-hydrogen) atoms. The molecule has 1 heterocycles. The lowest BCUT2D eigenvalue weighted by Crippen LogP contribution is -2.12. The van der Waals surface area contributed by atoms with Crippen molar-refractivity contribution in [1.29, 1.82) is 0 Å². The van der Waals surface area contributed by atoms with Crippen LogP contribution in [0.15, 0.2) is 40.6 Å². The highest BCUT2D eigenvalue weighted by molar-refractivity contribution is 7.92. The van der Waals surface area contributed by atoms with Crippen molar-refractivity contribution in [2.24, 2.45) is 5.73 Å². The summed E-state index contributed by atoms with van der Waals surface area (Å²) in [6.07, 6.45) is 0. The van der Waals surface area contributed by atoms with Crippen LogP contribution in [0.2, 0.25) is 5.02 Å². The molecule has 0 saturated heterocycles. The molecule has 0 bridgehead atoms. The molecule has 3 N–H and O–H groups in total. The number of sulfonamides is 1. The van der Waals surface area contributed by atoms with E-state index < -0.39 is 10.0 Å². The summed E-state index contributed by atoms with van der Waals surface area (Å²) in [7, 11) is -3.55. The lowest BCUT2D eigenvalue weighted by molar-refractivity contribution is 0.601. The van der Waals surface area contributed by atoms with Crippen LogP contribution in [0.1, 0.15) is 4.88 Å². The molecular weight excluding hydrogens is 292 g/mol. The predicted molar refractivity (Wildman–Crippen MR) is 74.5 cm³/mol. The Morgan fingerprint density at radius 3 is 2.50 bits per heavy atom. The highest BCUT2D eigenvalue weighted by Gasteiger charge is 2.15. The molecule has 0 spiro atoms. The number of benzene rings is 1. The minimum Gasteiger partial charge on any atom is -0.326 e. The molecule has 1 aromatic heterocycles. The van der Waals surface area contributed by atoms with Gasteiger partial charge in [-0.15, -0.1) is 11.3 Å². The van der Waals surface area contributed by atoms with E-state index in [9.17, 15) is 8.42 Å². The number of nitrogens with two attached hydrogens (primary N) is 1. The zero-order valence-corrected chi connectivity index (χ0v) is 11.6. The molecule has 0 amide bonds. The van der Waals surface area contributed by atoms with E-state index in [-0.39, 0.29) is 4.90 Å². The average Bonchev–Trinajstić information content (AvgIpc) is 2.81. The van der Waals surface area contributed by atoms with Crippen LogP contribution in [0, 0.1) is 0 Å². The molecule has 0 unspecified atom stereocenters. The van der Waals surface area contributed by atoms with Crippen LogP contribution in [-0.2, 0) is 16.6 Å². The topological polar surface area (TPSA) is 72.2 Å². The van der Waals surface area contributed by atoms with Gasteiger partial charge in [-0.05, 0) is 30.3 Å². The summed E-state index contributed by atoms with van der Waals surface area (Å²) in [6, 6.07) is 8.03. The summed E-state index contributed by atoms with van der Waals surface area (Å²) in [6.45, 7) is 0.334. The normalized spacial score (nSPS) is 11.4. The monoisotopic (exact) mass is 302 g/mol. The van der Waals surface area contributed by atoms with Gasteiger partial charge >= 0.3 is 0 Å². The molecule has 0 fully saturated rings. The Bertz CT molecular complexity index is 635. The maximum Gasteiger partial charge on any atom is 0.262 e. The summed E-state index contributed by atoms with van der Waals surface area (Å²) in [5, 5.41) is 2.12. The van der Waals surface area contributed by atoms with Crippen molar-refractivity contribution in [1.82, 2.24) is 0 Å². The third-order valence-corrected chi connectivity index (χ3v) is 4.96. The van der Waals surface area contributed by atoms with E-state index in [1.54, 1.807) is 35.7 Å². The van der Waals surface area contributed by atoms with Crippen LogP contribution in [0.5, 0.6) is 0 Å². The Hall–Kier alpha value is -1.08. The molecule has 0 aliphatic heterocycles. The van der Waals surface area contributed by atoms with Crippen LogP contribution in [-0.4, -0.2) is 8.42 Å². The minimum absolute atomic E-state index is 0.225. The number of rotatable bonds is 4. The Morgan fingerprint density at radius 2 is 1.94 bits per heavy atom. The second-order valence-corrected chi connectivity index (χ2v) is 6.68. The Kier molecular flexibility index (Phi) is 3.91. The number of hydrogen-bond donors (Lipinski definition) is 2. The van der Waals surface area contributed by atoms with Crippen LogP contribution in [0.4, 0.5) is 5.69 Å². The van der Waals surface area contributed by atoms with E-state index in [2.05, 4.69) is 4.72 Å². The quantitative estimate of drug-likeness (QED) is 0.912. The van der Waals surface area contributed by atoms with Gasteiger partial charge in [-0.2, -0.15) is 0 Å². The van der Waals surface area contributed by atoms with Crippen molar-refractivity contribution < 1.29 is 8.42 Å². The Balaban J connectivity index is 2.24. The first-order valence-electron chi connectivity index (χ1n) is 5.07. The molecular formula is C11H11ClN2O2S2. The molecule has 7 heteroatoms. The van der Waals surface area contributed by atoms with Crippen molar-refractivity contribution in [2.75, 3.05) is 4.72 Å². The maximum absolute atomic E-state index is 12.0. The van der Waals surface area contributed by atoms with E-state index >= 15 is 0 Å². The summed E-state index contributed by atoms with van der Waals surface area (Å²) in [5.41, 5.74) is 5.93. The molecule has 0 radical (unpaired) electrons. The van der Waals surface area contributed by atoms with Gasteiger partial charge in [-0.25, -0.2) is 8.42 Å². The van der Waals surface area contributed by atoms with Gasteiger partial charge in [0.05, 0.1) is 4.90 Å². The first kappa shape index (κ1) is 13.4. The number of thiophene rings is 1. The fraction of sp³-hybridized carbons (Fsp3) is 0.0909. The van der Waals surface area contributed by atoms with Gasteiger partial charge in [0, 0.05) is 27.5 Å². The van der Waals surface area contributed by atoms with Crippen LogP contribution in [0.25, 0.3) is 0 Å². The molecule has 2 rings (SSSR count). The van der Waals surface area contributed by atoms with Gasteiger partial charge in [-0.3, -0.25) is 4.72 Å². The van der Waals surface area contributed by atoms with E-state index in [1.165, 1.54) is 11.3 Å². The fourth-order valence-corrected chi connectivity index (χ4v) is 3.68. The molecule has 0 aliphatic carbocycles. The first-order valence-corrected chi connectivity index (χ1v) is 7.81. The molecule has 2 aromatic rings. The lowest BCUT2D eigenvalue weighted by Gasteiger charge is -2.06. The third-order valence-electron chi connectivity index (χ3n) is 2.24. The summed E-state index contributed by atoms with van der Waals surface area (Å²) < 4.78 is 26.6. The molecule has 0 saturated carbocycles. The number of hydrogen-bond acceptors (Lipinski definition) is 4. The molecule has 96 valence electrons. The Labute approximate surface area is 114 Å². The second-order valence-electron chi connectivity index (χ2n) is 3.57. The van der Waals surface area contributed by atoms with Gasteiger partial charge in [0.25, 0.3) is 10.0 Å². The zero-order valence-electron chi connectivity index (χ0n) is 9.26. The third kappa shape index (κ3) is 3.02. The number of halogens is 1. The van der Waals surface area contributed by atoms with Gasteiger partial charge in [0.15, 0.2) is 0 Å². The predicted octanol–water partition coefficient (Wildman–Crippen LogP) is 2.66. The molecule has 4 nitrogen and oxygen atoms in total. The molecule has 1 aromatic carbocycles. The SMILES string of the molecule is NCc1cc(S(=O)(=O)Nc2ccc(Cl)cc2)cs1. The van der Waals surface area contributed by atoms with E-state index in [4.69, 9.17) is 17.3 Å². The van der Waals surface area contributed by atoms with Crippen LogP contribution in [0.3, 0.4) is 0 Å². The minimum atomic E-state index is -3.55. The highest BCUT2D eigenvalue weighted by atomic mass is 35.5. The van der Waals surface area contributed by atoms with Gasteiger partial charge in [0.2, 0.25) is 0 Å². The summed E-state index contributed by atoms with van der Waals surface area (Å²) >= 11 is 7.06. The Morgan fingerprint density at radius 1 is 1.28 bits per heavy atom. The van der Waals surface area contributed by atoms with Crippen molar-refractivity contribution >= 4 is 38.6 Å². The van der Waals surface area contributed by atoms with E-state index in [0.29, 0.717) is 17.3 Å². The summed E-state index contributed by atoms with van der Waals surface area (Å²) in [4.78, 5) is 1.05. The van der Waals surface area contributed by atoms with Crippen LogP contribution < -0.4 is 10.5 Å². The smallest absolute Gasteiger partial charge is 0.262 e. The van der Waals surface area contributed by atoms with E-state index in [0.717, 1.165) is 4.88 Å². The summed E-state index contributed by atoms with van der Waals surface area (Å²) in [5.74, 6) is 0. The van der Waals surface area contributed by atoms with Crippen molar-refractivity contribution in [3.63, 3.8) is 0 Å². The van der Waals surface area contributed by atoms with Gasteiger partial charge in [-0.1, -0.05) is 11.6 Å². The lowest BCUT2D eigenvalue weighted by atomic mass is 10.3. The molecule has 0 aliphatic rings. The fourth-order valence-electron chi connectivity index (χ4n) is 1.34. The average molecular weight is 303 g/mol. The maximum atomic E-state index is 12.0. The second kappa shape index (κ2) is 5.27. The number of anilines is 1. The molecule has 0 atom stereocenters.